The standard InChI is InChI=1S/C13H19NO2/c15-9-5-1-4-8-14-12-10-16-13-7-3-2-6-11(12)13/h2-3,6-7,12,14-15H,1,4-5,8-10H2. The van der Waals surface area contributed by atoms with E-state index in [0.29, 0.717) is 12.6 Å². The van der Waals surface area contributed by atoms with Crippen molar-refractivity contribution in [2.45, 2.75) is 25.3 Å². The van der Waals surface area contributed by atoms with Gasteiger partial charge in [0.05, 0.1) is 6.04 Å². The molecule has 1 aromatic rings. The van der Waals surface area contributed by atoms with Gasteiger partial charge in [0, 0.05) is 12.2 Å². The van der Waals surface area contributed by atoms with E-state index in [0.717, 1.165) is 38.2 Å². The van der Waals surface area contributed by atoms with Crippen molar-refractivity contribution in [2.24, 2.45) is 0 Å². The summed E-state index contributed by atoms with van der Waals surface area (Å²) in [4.78, 5) is 0. The van der Waals surface area contributed by atoms with Crippen molar-refractivity contribution < 1.29 is 9.84 Å². The second-order valence-electron chi connectivity index (χ2n) is 4.14. The lowest BCUT2D eigenvalue weighted by atomic mass is 10.1. The Kier molecular flexibility index (Phi) is 4.19. The molecule has 16 heavy (non-hydrogen) atoms. The molecular weight excluding hydrogens is 202 g/mol. The van der Waals surface area contributed by atoms with Crippen molar-refractivity contribution in [2.75, 3.05) is 19.8 Å². The van der Waals surface area contributed by atoms with Gasteiger partial charge in [0.25, 0.3) is 0 Å². The fourth-order valence-electron chi connectivity index (χ4n) is 2.02. The topological polar surface area (TPSA) is 41.5 Å². The Morgan fingerprint density at radius 1 is 1.25 bits per heavy atom. The predicted molar refractivity (Wildman–Crippen MR) is 63.6 cm³/mol. The van der Waals surface area contributed by atoms with Crippen LogP contribution >= 0.6 is 0 Å². The Labute approximate surface area is 96.4 Å². The van der Waals surface area contributed by atoms with E-state index in [-0.39, 0.29) is 0 Å². The number of aliphatic hydroxyl groups excluding tert-OH is 1. The molecule has 0 fully saturated rings. The smallest absolute Gasteiger partial charge is 0.124 e. The molecule has 0 spiro atoms. The molecule has 0 saturated carbocycles. The zero-order valence-corrected chi connectivity index (χ0v) is 9.48. The first-order valence-corrected chi connectivity index (χ1v) is 5.98. The van der Waals surface area contributed by atoms with Crippen LogP contribution in [-0.4, -0.2) is 24.9 Å². The SMILES string of the molecule is OCCCCCNC1COc2ccccc21. The maximum Gasteiger partial charge on any atom is 0.124 e. The lowest BCUT2D eigenvalue weighted by Crippen LogP contribution is -2.23. The number of unbranched alkanes of at least 4 members (excludes halogenated alkanes) is 2. The molecule has 1 aliphatic heterocycles. The van der Waals surface area contributed by atoms with Crippen molar-refractivity contribution in [3.63, 3.8) is 0 Å². The van der Waals surface area contributed by atoms with Gasteiger partial charge >= 0.3 is 0 Å². The van der Waals surface area contributed by atoms with E-state index in [1.807, 2.05) is 18.2 Å². The molecule has 2 rings (SSSR count). The van der Waals surface area contributed by atoms with Crippen LogP contribution in [0.1, 0.15) is 30.9 Å². The van der Waals surface area contributed by atoms with Crippen LogP contribution in [-0.2, 0) is 0 Å². The lowest BCUT2D eigenvalue weighted by molar-refractivity contribution is 0.280. The summed E-state index contributed by atoms with van der Waals surface area (Å²) in [6, 6.07) is 8.53. The highest BCUT2D eigenvalue weighted by molar-refractivity contribution is 5.39. The zero-order chi connectivity index (χ0) is 11.2. The van der Waals surface area contributed by atoms with Crippen LogP contribution in [0.2, 0.25) is 0 Å². The fraction of sp³-hybridized carbons (Fsp3) is 0.538. The van der Waals surface area contributed by atoms with Crippen LogP contribution in [0.4, 0.5) is 0 Å². The summed E-state index contributed by atoms with van der Waals surface area (Å²) in [7, 11) is 0. The Morgan fingerprint density at radius 3 is 3.00 bits per heavy atom. The quantitative estimate of drug-likeness (QED) is 0.721. The lowest BCUT2D eigenvalue weighted by Gasteiger charge is -2.10. The molecule has 0 aromatic heterocycles. The third-order valence-electron chi connectivity index (χ3n) is 2.93. The number of rotatable bonds is 6. The number of nitrogens with one attached hydrogen (secondary N) is 1. The molecule has 0 bridgehead atoms. The monoisotopic (exact) mass is 221 g/mol. The Bertz CT molecular complexity index is 327. The minimum Gasteiger partial charge on any atom is -0.491 e. The minimum absolute atomic E-state index is 0.301. The molecule has 0 saturated heterocycles. The van der Waals surface area contributed by atoms with Crippen LogP contribution < -0.4 is 10.1 Å². The van der Waals surface area contributed by atoms with Crippen LogP contribution in [0.3, 0.4) is 0 Å². The van der Waals surface area contributed by atoms with E-state index in [9.17, 15) is 0 Å². The maximum absolute atomic E-state index is 8.67. The molecular formula is C13H19NO2. The van der Waals surface area contributed by atoms with Crippen molar-refractivity contribution in [1.82, 2.24) is 5.32 Å². The summed E-state index contributed by atoms with van der Waals surface area (Å²) in [5.41, 5.74) is 1.27. The van der Waals surface area contributed by atoms with Gasteiger partial charge in [-0.1, -0.05) is 18.2 Å². The third kappa shape index (κ3) is 2.74. The summed E-state index contributed by atoms with van der Waals surface area (Å²) < 4.78 is 5.59. The number of hydrogen-bond acceptors (Lipinski definition) is 3. The van der Waals surface area contributed by atoms with Crippen molar-refractivity contribution in [3.05, 3.63) is 29.8 Å². The fourth-order valence-corrected chi connectivity index (χ4v) is 2.02. The summed E-state index contributed by atoms with van der Waals surface area (Å²) in [6.45, 7) is 2.02. The average molecular weight is 221 g/mol. The number of fused-ring (bicyclic) bond motifs is 1. The Balaban J connectivity index is 1.76. The van der Waals surface area contributed by atoms with Crippen LogP contribution in [0.25, 0.3) is 0 Å². The molecule has 88 valence electrons. The third-order valence-corrected chi connectivity index (χ3v) is 2.93. The van der Waals surface area contributed by atoms with Gasteiger partial charge in [0.1, 0.15) is 12.4 Å². The number of hydrogen-bond donors (Lipinski definition) is 2. The average Bonchev–Trinajstić information content (AvgIpc) is 2.73. The second kappa shape index (κ2) is 5.87. The zero-order valence-electron chi connectivity index (χ0n) is 9.48. The number of aliphatic hydroxyl groups is 1. The van der Waals surface area contributed by atoms with E-state index in [1.165, 1.54) is 5.56 Å². The summed E-state index contributed by atoms with van der Waals surface area (Å²) in [5, 5.41) is 12.2. The first-order chi connectivity index (χ1) is 7.92. The van der Waals surface area contributed by atoms with Gasteiger partial charge in [0.2, 0.25) is 0 Å². The Hall–Kier alpha value is -1.06. The van der Waals surface area contributed by atoms with Gasteiger partial charge in [-0.3, -0.25) is 0 Å². The van der Waals surface area contributed by atoms with E-state index in [4.69, 9.17) is 9.84 Å². The highest BCUT2D eigenvalue weighted by atomic mass is 16.5. The number of ether oxygens (including phenoxy) is 1. The molecule has 1 heterocycles. The molecule has 3 nitrogen and oxygen atoms in total. The molecule has 1 aromatic carbocycles. The minimum atomic E-state index is 0.301. The van der Waals surface area contributed by atoms with Crippen LogP contribution in [0.5, 0.6) is 5.75 Å². The summed E-state index contributed by atoms with van der Waals surface area (Å²) in [5.74, 6) is 1.01. The first kappa shape index (κ1) is 11.4. The molecule has 0 radical (unpaired) electrons. The largest absolute Gasteiger partial charge is 0.491 e. The van der Waals surface area contributed by atoms with E-state index >= 15 is 0 Å². The van der Waals surface area contributed by atoms with E-state index in [2.05, 4.69) is 11.4 Å². The highest BCUT2D eigenvalue weighted by Crippen LogP contribution is 2.31. The van der Waals surface area contributed by atoms with Crippen LogP contribution in [0.15, 0.2) is 24.3 Å². The molecule has 1 atom stereocenters. The molecule has 2 N–H and O–H groups in total. The number of benzene rings is 1. The van der Waals surface area contributed by atoms with Crippen LogP contribution in [0, 0.1) is 0 Å². The summed E-state index contributed by atoms with van der Waals surface area (Å²) in [6.07, 6.45) is 3.09. The van der Waals surface area contributed by atoms with E-state index < -0.39 is 0 Å². The van der Waals surface area contributed by atoms with Gasteiger partial charge in [-0.2, -0.15) is 0 Å². The van der Waals surface area contributed by atoms with Gasteiger partial charge in [-0.05, 0) is 31.9 Å². The maximum atomic E-state index is 8.67. The van der Waals surface area contributed by atoms with Gasteiger partial charge in [-0.25, -0.2) is 0 Å². The van der Waals surface area contributed by atoms with Gasteiger partial charge in [-0.15, -0.1) is 0 Å². The molecule has 1 aliphatic rings. The Morgan fingerprint density at radius 2 is 2.12 bits per heavy atom. The molecule has 3 heteroatoms. The molecule has 0 amide bonds. The molecule has 1 unspecified atom stereocenters. The second-order valence-corrected chi connectivity index (χ2v) is 4.14. The molecule has 0 aliphatic carbocycles. The van der Waals surface area contributed by atoms with Crippen molar-refractivity contribution in [1.29, 1.82) is 0 Å². The van der Waals surface area contributed by atoms with Crippen molar-refractivity contribution in [3.8, 4) is 5.75 Å². The van der Waals surface area contributed by atoms with Gasteiger partial charge < -0.3 is 15.2 Å². The normalized spacial score (nSPS) is 18.2. The first-order valence-electron chi connectivity index (χ1n) is 5.98. The predicted octanol–water partition coefficient (Wildman–Crippen LogP) is 1.87. The van der Waals surface area contributed by atoms with Crippen molar-refractivity contribution >= 4 is 0 Å². The highest BCUT2D eigenvalue weighted by Gasteiger charge is 2.22. The van der Waals surface area contributed by atoms with E-state index in [1.54, 1.807) is 0 Å². The number of para-hydroxylation sites is 1. The summed E-state index contributed by atoms with van der Waals surface area (Å²) >= 11 is 0. The van der Waals surface area contributed by atoms with Gasteiger partial charge in [0.15, 0.2) is 0 Å².